The van der Waals surface area contributed by atoms with E-state index in [1.807, 2.05) is 20.8 Å². The minimum Gasteiger partial charge on any atom is -0.350 e. The van der Waals surface area contributed by atoms with Crippen molar-refractivity contribution in [3.8, 4) is 0 Å². The van der Waals surface area contributed by atoms with Gasteiger partial charge in [0.05, 0.1) is 5.69 Å². The number of carbonyl (C=O) groups is 1. The Hall–Kier alpha value is -1.69. The van der Waals surface area contributed by atoms with Crippen molar-refractivity contribution >= 4 is 5.91 Å². The second kappa shape index (κ2) is 5.60. The van der Waals surface area contributed by atoms with E-state index in [-0.39, 0.29) is 17.0 Å². The van der Waals surface area contributed by atoms with Gasteiger partial charge < -0.3 is 16.0 Å². The Morgan fingerprint density at radius 1 is 1.48 bits per heavy atom. The molecule has 0 saturated heterocycles. The first-order valence-corrected chi connectivity index (χ1v) is 7.35. The Morgan fingerprint density at radius 2 is 2.10 bits per heavy atom. The van der Waals surface area contributed by atoms with Gasteiger partial charge in [0.25, 0.3) is 11.5 Å². The number of carbonyl (C=O) groups excluding carboxylic acids is 1. The Morgan fingerprint density at radius 3 is 2.57 bits per heavy atom. The minimum atomic E-state index is -0.405. The molecule has 6 heteroatoms. The lowest BCUT2D eigenvalue weighted by Crippen LogP contribution is -2.41. The van der Waals surface area contributed by atoms with Crippen LogP contribution in [-0.4, -0.2) is 28.5 Å². The van der Waals surface area contributed by atoms with Crippen LogP contribution in [0.1, 0.15) is 55.5 Å². The normalized spacial score (nSPS) is 16.6. The second-order valence-corrected chi connectivity index (χ2v) is 6.84. The van der Waals surface area contributed by atoms with Crippen LogP contribution < -0.4 is 16.6 Å². The molecule has 1 saturated carbocycles. The average Bonchev–Trinajstić information content (AvgIpc) is 3.18. The SMILES string of the molecule is Cc1nc(C(C)(C)C)[nH]c(=O)c1C(=O)NCC(N)C1CC1. The summed E-state index contributed by atoms with van der Waals surface area (Å²) in [7, 11) is 0. The zero-order chi connectivity index (χ0) is 15.8. The zero-order valence-electron chi connectivity index (χ0n) is 13.1. The van der Waals surface area contributed by atoms with E-state index in [1.165, 1.54) is 0 Å². The first-order chi connectivity index (χ1) is 9.70. The van der Waals surface area contributed by atoms with Gasteiger partial charge in [0.1, 0.15) is 11.4 Å². The standard InChI is InChI=1S/C15H24N4O2/c1-8-11(12(20)17-7-10(16)9-5-6-9)13(21)19-14(18-8)15(2,3)4/h9-10H,5-7,16H2,1-4H3,(H,17,20)(H,18,19,21). The molecule has 1 atom stereocenters. The summed E-state index contributed by atoms with van der Waals surface area (Å²) in [6, 6.07) is -0.0323. The van der Waals surface area contributed by atoms with Gasteiger partial charge in [0.15, 0.2) is 0 Å². The van der Waals surface area contributed by atoms with E-state index < -0.39 is 11.5 Å². The number of hydrogen-bond acceptors (Lipinski definition) is 4. The molecular weight excluding hydrogens is 268 g/mol. The first-order valence-electron chi connectivity index (χ1n) is 7.35. The van der Waals surface area contributed by atoms with Gasteiger partial charge in [-0.15, -0.1) is 0 Å². The van der Waals surface area contributed by atoms with Gasteiger partial charge >= 0.3 is 0 Å². The topological polar surface area (TPSA) is 101 Å². The van der Waals surface area contributed by atoms with E-state index >= 15 is 0 Å². The fourth-order valence-electron chi connectivity index (χ4n) is 2.20. The molecule has 0 bridgehead atoms. The quantitative estimate of drug-likeness (QED) is 0.765. The largest absolute Gasteiger partial charge is 0.350 e. The maximum Gasteiger partial charge on any atom is 0.264 e. The molecule has 1 aliphatic carbocycles. The second-order valence-electron chi connectivity index (χ2n) is 6.84. The molecule has 4 N–H and O–H groups in total. The van der Waals surface area contributed by atoms with Crippen molar-refractivity contribution in [2.24, 2.45) is 11.7 Å². The number of H-pyrrole nitrogens is 1. The molecule has 2 rings (SSSR count). The van der Waals surface area contributed by atoms with Crippen LogP contribution >= 0.6 is 0 Å². The van der Waals surface area contributed by atoms with Crippen LogP contribution in [0.5, 0.6) is 0 Å². The lowest BCUT2D eigenvalue weighted by molar-refractivity contribution is 0.0947. The van der Waals surface area contributed by atoms with Gasteiger partial charge in [0, 0.05) is 18.0 Å². The van der Waals surface area contributed by atoms with E-state index in [1.54, 1.807) is 6.92 Å². The van der Waals surface area contributed by atoms with Crippen molar-refractivity contribution in [3.63, 3.8) is 0 Å². The van der Waals surface area contributed by atoms with Crippen LogP contribution in [0.3, 0.4) is 0 Å². The summed E-state index contributed by atoms with van der Waals surface area (Å²) >= 11 is 0. The predicted octanol–water partition coefficient (Wildman–Crippen LogP) is 0.843. The summed E-state index contributed by atoms with van der Waals surface area (Å²) in [5.41, 5.74) is 5.80. The van der Waals surface area contributed by atoms with Crippen LogP contribution in [0.15, 0.2) is 4.79 Å². The van der Waals surface area contributed by atoms with Crippen LogP contribution in [0.25, 0.3) is 0 Å². The smallest absolute Gasteiger partial charge is 0.264 e. The number of nitrogens with one attached hydrogen (secondary N) is 2. The predicted molar refractivity (Wildman–Crippen MR) is 81.3 cm³/mol. The molecule has 0 spiro atoms. The van der Waals surface area contributed by atoms with E-state index in [0.717, 1.165) is 12.8 Å². The van der Waals surface area contributed by atoms with Crippen molar-refractivity contribution in [2.75, 3.05) is 6.54 Å². The van der Waals surface area contributed by atoms with E-state index in [4.69, 9.17) is 5.73 Å². The summed E-state index contributed by atoms with van der Waals surface area (Å²) in [6.45, 7) is 7.95. The molecule has 1 amide bonds. The van der Waals surface area contributed by atoms with Gasteiger partial charge in [-0.25, -0.2) is 4.98 Å². The number of aromatic amines is 1. The number of amides is 1. The zero-order valence-corrected chi connectivity index (χ0v) is 13.1. The Kier molecular flexibility index (Phi) is 4.18. The van der Waals surface area contributed by atoms with Crippen molar-refractivity contribution in [3.05, 3.63) is 27.4 Å². The molecule has 1 aromatic rings. The molecule has 0 radical (unpaired) electrons. The van der Waals surface area contributed by atoms with Crippen molar-refractivity contribution in [1.29, 1.82) is 0 Å². The van der Waals surface area contributed by atoms with Crippen molar-refractivity contribution in [2.45, 2.75) is 52.0 Å². The highest BCUT2D eigenvalue weighted by molar-refractivity contribution is 5.94. The van der Waals surface area contributed by atoms with Gasteiger partial charge in [-0.3, -0.25) is 9.59 Å². The maximum absolute atomic E-state index is 12.2. The summed E-state index contributed by atoms with van der Waals surface area (Å²) in [5, 5.41) is 2.74. The highest BCUT2D eigenvalue weighted by atomic mass is 16.2. The monoisotopic (exact) mass is 292 g/mol. The van der Waals surface area contributed by atoms with Gasteiger partial charge in [-0.1, -0.05) is 20.8 Å². The third-order valence-electron chi connectivity index (χ3n) is 3.76. The number of nitrogens with zero attached hydrogens (tertiary/aromatic N) is 1. The molecule has 1 aromatic heterocycles. The molecule has 116 valence electrons. The van der Waals surface area contributed by atoms with Crippen LogP contribution in [0.2, 0.25) is 0 Å². The number of aromatic nitrogens is 2. The lowest BCUT2D eigenvalue weighted by Gasteiger charge is -2.18. The summed E-state index contributed by atoms with van der Waals surface area (Å²) in [6.07, 6.45) is 2.25. The lowest BCUT2D eigenvalue weighted by atomic mass is 9.95. The third-order valence-corrected chi connectivity index (χ3v) is 3.76. The molecule has 1 heterocycles. The summed E-state index contributed by atoms with van der Waals surface area (Å²) < 4.78 is 0. The van der Waals surface area contributed by atoms with E-state index in [2.05, 4.69) is 15.3 Å². The molecule has 21 heavy (non-hydrogen) atoms. The van der Waals surface area contributed by atoms with E-state index in [0.29, 0.717) is 24.0 Å². The number of aryl methyl sites for hydroxylation is 1. The van der Waals surface area contributed by atoms with E-state index in [9.17, 15) is 9.59 Å². The van der Waals surface area contributed by atoms with Crippen LogP contribution in [0.4, 0.5) is 0 Å². The summed E-state index contributed by atoms with van der Waals surface area (Å²) in [4.78, 5) is 31.4. The molecule has 1 unspecified atom stereocenters. The Balaban J connectivity index is 2.15. The van der Waals surface area contributed by atoms with Crippen LogP contribution in [0, 0.1) is 12.8 Å². The van der Waals surface area contributed by atoms with Gasteiger partial charge in [-0.05, 0) is 25.7 Å². The average molecular weight is 292 g/mol. The number of rotatable bonds is 4. The van der Waals surface area contributed by atoms with Crippen molar-refractivity contribution in [1.82, 2.24) is 15.3 Å². The molecule has 0 aromatic carbocycles. The first kappa shape index (κ1) is 15.7. The molecule has 1 aliphatic rings. The third kappa shape index (κ3) is 3.69. The number of nitrogens with two attached hydrogens (primary N) is 1. The molecule has 0 aliphatic heterocycles. The maximum atomic E-state index is 12.2. The molecule has 1 fully saturated rings. The minimum absolute atomic E-state index is 0.0323. The fraction of sp³-hybridized carbons (Fsp3) is 0.667. The van der Waals surface area contributed by atoms with Gasteiger partial charge in [0.2, 0.25) is 0 Å². The Bertz CT molecular complexity index is 597. The molecule has 6 nitrogen and oxygen atoms in total. The van der Waals surface area contributed by atoms with Gasteiger partial charge in [-0.2, -0.15) is 0 Å². The van der Waals surface area contributed by atoms with Crippen molar-refractivity contribution < 1.29 is 4.79 Å². The highest BCUT2D eigenvalue weighted by Gasteiger charge is 2.29. The summed E-state index contributed by atoms with van der Waals surface area (Å²) in [5.74, 6) is 0.681. The number of hydrogen-bond donors (Lipinski definition) is 3. The van der Waals surface area contributed by atoms with Crippen LogP contribution in [-0.2, 0) is 5.41 Å². The molecular formula is C15H24N4O2. The highest BCUT2D eigenvalue weighted by Crippen LogP contribution is 2.31. The fourth-order valence-corrected chi connectivity index (χ4v) is 2.20. The Labute approximate surface area is 124 Å².